The van der Waals surface area contributed by atoms with E-state index in [2.05, 4.69) is 5.32 Å². The van der Waals surface area contributed by atoms with Crippen molar-refractivity contribution in [1.29, 1.82) is 5.26 Å². The second-order valence-corrected chi connectivity index (χ2v) is 6.67. The SMILES string of the molecule is COc1cc(C=C(C#N)C(=O)Nc2cc(Cl)ccc2Cl)ccc1OC(C)C. The van der Waals surface area contributed by atoms with Crippen LogP contribution in [0.2, 0.25) is 10.0 Å². The van der Waals surface area contributed by atoms with Crippen LogP contribution in [0.4, 0.5) is 5.69 Å². The molecule has 140 valence electrons. The highest BCUT2D eigenvalue weighted by atomic mass is 35.5. The van der Waals surface area contributed by atoms with E-state index in [0.29, 0.717) is 32.8 Å². The molecule has 5 nitrogen and oxygen atoms in total. The van der Waals surface area contributed by atoms with Crippen molar-refractivity contribution in [2.24, 2.45) is 0 Å². The van der Waals surface area contributed by atoms with Gasteiger partial charge >= 0.3 is 0 Å². The lowest BCUT2D eigenvalue weighted by molar-refractivity contribution is -0.112. The summed E-state index contributed by atoms with van der Waals surface area (Å²) in [4.78, 5) is 12.4. The second-order valence-electron chi connectivity index (χ2n) is 5.83. The molecule has 0 atom stereocenters. The standard InChI is InChI=1S/C20H18Cl2N2O3/c1-12(2)27-18-7-4-13(9-19(18)26-3)8-14(11-23)20(25)24-17-10-15(21)5-6-16(17)22/h4-10,12H,1-3H3,(H,24,25). The molecule has 0 heterocycles. The fourth-order valence-electron chi connectivity index (χ4n) is 2.22. The van der Waals surface area contributed by atoms with E-state index in [4.69, 9.17) is 32.7 Å². The highest BCUT2D eigenvalue weighted by molar-refractivity contribution is 6.36. The Morgan fingerprint density at radius 2 is 1.93 bits per heavy atom. The van der Waals surface area contributed by atoms with Crippen molar-refractivity contribution < 1.29 is 14.3 Å². The molecule has 0 saturated heterocycles. The predicted molar refractivity (Wildman–Crippen MR) is 107 cm³/mol. The van der Waals surface area contributed by atoms with Gasteiger partial charge < -0.3 is 14.8 Å². The van der Waals surface area contributed by atoms with Crippen LogP contribution >= 0.6 is 23.2 Å². The molecule has 1 amide bonds. The van der Waals surface area contributed by atoms with Crippen LogP contribution in [0, 0.1) is 11.3 Å². The zero-order valence-corrected chi connectivity index (χ0v) is 16.6. The molecule has 2 rings (SSSR count). The molecule has 0 aliphatic heterocycles. The first-order valence-corrected chi connectivity index (χ1v) is 8.82. The van der Waals surface area contributed by atoms with Crippen molar-refractivity contribution in [3.8, 4) is 17.6 Å². The van der Waals surface area contributed by atoms with Crippen LogP contribution in [0.15, 0.2) is 42.0 Å². The van der Waals surface area contributed by atoms with Crippen molar-refractivity contribution in [1.82, 2.24) is 0 Å². The van der Waals surface area contributed by atoms with E-state index in [0.717, 1.165) is 0 Å². The minimum atomic E-state index is -0.594. The molecule has 0 saturated carbocycles. The fraction of sp³-hybridized carbons (Fsp3) is 0.200. The maximum atomic E-state index is 12.4. The number of nitrogens with zero attached hydrogens (tertiary/aromatic N) is 1. The van der Waals surface area contributed by atoms with E-state index in [9.17, 15) is 10.1 Å². The molecule has 1 N–H and O–H groups in total. The zero-order chi connectivity index (χ0) is 20.0. The number of amides is 1. The Balaban J connectivity index is 2.28. The molecule has 0 spiro atoms. The molecule has 2 aromatic carbocycles. The first kappa shape index (κ1) is 20.6. The van der Waals surface area contributed by atoms with E-state index >= 15 is 0 Å². The van der Waals surface area contributed by atoms with Gasteiger partial charge in [-0.2, -0.15) is 5.26 Å². The average molecular weight is 405 g/mol. The monoisotopic (exact) mass is 404 g/mol. The molecule has 0 radical (unpaired) electrons. The predicted octanol–water partition coefficient (Wildman–Crippen LogP) is 5.33. The lowest BCUT2D eigenvalue weighted by Crippen LogP contribution is -2.13. The summed E-state index contributed by atoms with van der Waals surface area (Å²) in [6.07, 6.45) is 1.44. The van der Waals surface area contributed by atoms with Gasteiger partial charge in [0.1, 0.15) is 11.6 Å². The van der Waals surface area contributed by atoms with E-state index < -0.39 is 5.91 Å². The van der Waals surface area contributed by atoms with Gasteiger partial charge in [-0.15, -0.1) is 0 Å². The molecule has 0 unspecified atom stereocenters. The Kier molecular flexibility index (Phi) is 7.12. The molecular weight excluding hydrogens is 387 g/mol. The van der Waals surface area contributed by atoms with Gasteiger partial charge in [0, 0.05) is 5.02 Å². The summed E-state index contributed by atoms with van der Waals surface area (Å²) < 4.78 is 11.0. The molecule has 0 bridgehead atoms. The quantitative estimate of drug-likeness (QED) is 0.521. The summed E-state index contributed by atoms with van der Waals surface area (Å²) in [6, 6.07) is 11.7. The molecule has 0 aliphatic carbocycles. The van der Waals surface area contributed by atoms with Crippen molar-refractivity contribution in [2.75, 3.05) is 12.4 Å². The molecule has 7 heteroatoms. The summed E-state index contributed by atoms with van der Waals surface area (Å²) >= 11 is 12.0. The highest BCUT2D eigenvalue weighted by Crippen LogP contribution is 2.30. The van der Waals surface area contributed by atoms with Crippen LogP contribution in [-0.2, 0) is 4.79 Å². The second kappa shape index (κ2) is 9.31. The Morgan fingerprint density at radius 3 is 2.56 bits per heavy atom. The number of rotatable bonds is 6. The smallest absolute Gasteiger partial charge is 0.266 e. The number of halogens is 2. The Bertz CT molecular complexity index is 918. The number of hydrogen-bond acceptors (Lipinski definition) is 4. The van der Waals surface area contributed by atoms with Crippen molar-refractivity contribution in [2.45, 2.75) is 20.0 Å². The average Bonchev–Trinajstić information content (AvgIpc) is 2.63. The third-order valence-electron chi connectivity index (χ3n) is 3.40. The highest BCUT2D eigenvalue weighted by Gasteiger charge is 2.13. The van der Waals surface area contributed by atoms with Crippen molar-refractivity contribution in [3.05, 3.63) is 57.6 Å². The van der Waals surface area contributed by atoms with Gasteiger partial charge in [0.05, 0.1) is 23.9 Å². The molecule has 2 aromatic rings. The lowest BCUT2D eigenvalue weighted by atomic mass is 10.1. The van der Waals surface area contributed by atoms with Crippen molar-refractivity contribution in [3.63, 3.8) is 0 Å². The number of nitrogens with one attached hydrogen (secondary N) is 1. The fourth-order valence-corrected chi connectivity index (χ4v) is 2.56. The molecular formula is C20H18Cl2N2O3. The Hall–Kier alpha value is -2.68. The lowest BCUT2D eigenvalue weighted by Gasteiger charge is -2.14. The molecule has 27 heavy (non-hydrogen) atoms. The summed E-state index contributed by atoms with van der Waals surface area (Å²) in [5, 5.41) is 12.7. The molecule has 0 fully saturated rings. The first-order chi connectivity index (χ1) is 12.8. The van der Waals surface area contributed by atoms with E-state index in [1.54, 1.807) is 30.3 Å². The van der Waals surface area contributed by atoms with Gasteiger partial charge in [-0.25, -0.2) is 0 Å². The number of anilines is 1. The minimum Gasteiger partial charge on any atom is -0.493 e. The number of benzene rings is 2. The Labute approximate surface area is 168 Å². The van der Waals surface area contributed by atoms with Gasteiger partial charge in [0.2, 0.25) is 0 Å². The van der Waals surface area contributed by atoms with Gasteiger partial charge in [0.15, 0.2) is 11.5 Å². The number of nitriles is 1. The van der Waals surface area contributed by atoms with Crippen molar-refractivity contribution >= 4 is 40.9 Å². The van der Waals surface area contributed by atoms with E-state index in [1.807, 2.05) is 19.9 Å². The van der Waals surface area contributed by atoms with Crippen LogP contribution in [0.5, 0.6) is 11.5 Å². The van der Waals surface area contributed by atoms with Gasteiger partial charge in [-0.1, -0.05) is 29.3 Å². The number of carbonyl (C=O) groups is 1. The third-order valence-corrected chi connectivity index (χ3v) is 3.97. The van der Waals surface area contributed by atoms with Gasteiger partial charge in [0.25, 0.3) is 5.91 Å². The summed E-state index contributed by atoms with van der Waals surface area (Å²) in [5.41, 5.74) is 0.853. The summed E-state index contributed by atoms with van der Waals surface area (Å²) in [7, 11) is 1.52. The van der Waals surface area contributed by atoms with Crippen LogP contribution in [-0.4, -0.2) is 19.1 Å². The number of ether oxygens (including phenoxy) is 2. The van der Waals surface area contributed by atoms with Crippen LogP contribution in [0.1, 0.15) is 19.4 Å². The number of methoxy groups -OCH3 is 1. The maximum absolute atomic E-state index is 12.4. The number of hydrogen-bond donors (Lipinski definition) is 1. The first-order valence-electron chi connectivity index (χ1n) is 8.07. The normalized spacial score (nSPS) is 11.1. The number of carbonyl (C=O) groups excluding carboxylic acids is 1. The topological polar surface area (TPSA) is 71.3 Å². The third kappa shape index (κ3) is 5.65. The minimum absolute atomic E-state index is 0.0109. The van der Waals surface area contributed by atoms with E-state index in [1.165, 1.54) is 19.3 Å². The summed E-state index contributed by atoms with van der Waals surface area (Å²) in [6.45, 7) is 3.82. The van der Waals surface area contributed by atoms with Gasteiger partial charge in [-0.05, 0) is 55.8 Å². The van der Waals surface area contributed by atoms with Crippen LogP contribution in [0.3, 0.4) is 0 Å². The zero-order valence-electron chi connectivity index (χ0n) is 15.0. The van der Waals surface area contributed by atoms with Gasteiger partial charge in [-0.3, -0.25) is 4.79 Å². The Morgan fingerprint density at radius 1 is 1.19 bits per heavy atom. The molecule has 0 aromatic heterocycles. The van der Waals surface area contributed by atoms with Crippen LogP contribution in [0.25, 0.3) is 6.08 Å². The largest absolute Gasteiger partial charge is 0.493 e. The molecule has 0 aliphatic rings. The van der Waals surface area contributed by atoms with Crippen LogP contribution < -0.4 is 14.8 Å². The maximum Gasteiger partial charge on any atom is 0.266 e. The van der Waals surface area contributed by atoms with E-state index in [-0.39, 0.29) is 11.7 Å². The summed E-state index contributed by atoms with van der Waals surface area (Å²) in [5.74, 6) is 0.495.